The molecule has 4 heterocycles. The number of hydrogen-bond acceptors (Lipinski definition) is 7. The van der Waals surface area contributed by atoms with Crippen LogP contribution in [0.15, 0.2) is 48.9 Å². The number of rotatable bonds is 6. The van der Waals surface area contributed by atoms with Gasteiger partial charge in [0.25, 0.3) is 0 Å². The van der Waals surface area contributed by atoms with E-state index in [4.69, 9.17) is 10.2 Å². The molecule has 0 radical (unpaired) electrons. The van der Waals surface area contributed by atoms with Crippen molar-refractivity contribution in [2.75, 3.05) is 23.7 Å². The highest BCUT2D eigenvalue weighted by Crippen LogP contribution is 2.42. The van der Waals surface area contributed by atoms with Gasteiger partial charge in [0.15, 0.2) is 0 Å². The molecule has 0 bridgehead atoms. The van der Waals surface area contributed by atoms with Crippen LogP contribution in [0, 0.1) is 11.3 Å². The zero-order chi connectivity index (χ0) is 19.6. The van der Waals surface area contributed by atoms with E-state index < -0.39 is 0 Å². The predicted octanol–water partition coefficient (Wildman–Crippen LogP) is 3.84. The predicted molar refractivity (Wildman–Crippen MR) is 119 cm³/mol. The Hall–Kier alpha value is -3.21. The summed E-state index contributed by atoms with van der Waals surface area (Å²) < 4.78 is 0. The van der Waals surface area contributed by atoms with Crippen molar-refractivity contribution in [1.29, 1.82) is 5.26 Å². The van der Waals surface area contributed by atoms with Gasteiger partial charge in [-0.15, -0.1) is 12.4 Å². The summed E-state index contributed by atoms with van der Waals surface area (Å²) in [5.74, 6) is 1.93. The third-order valence-electron chi connectivity index (χ3n) is 5.23. The molecule has 1 saturated carbocycles. The molecule has 2 aliphatic rings. The highest BCUT2D eigenvalue weighted by atomic mass is 35.5. The van der Waals surface area contributed by atoms with Gasteiger partial charge in [-0.2, -0.15) is 5.26 Å². The van der Waals surface area contributed by atoms with Gasteiger partial charge >= 0.3 is 0 Å². The van der Waals surface area contributed by atoms with Crippen LogP contribution in [0.2, 0.25) is 0 Å². The average molecular weight is 420 g/mol. The summed E-state index contributed by atoms with van der Waals surface area (Å²) in [6.07, 6.45) is 7.74. The van der Waals surface area contributed by atoms with Crippen molar-refractivity contribution in [3.63, 3.8) is 0 Å². The minimum Gasteiger partial charge on any atom is -0.378 e. The molecule has 1 saturated heterocycles. The van der Waals surface area contributed by atoms with E-state index in [0.29, 0.717) is 23.3 Å². The van der Waals surface area contributed by atoms with Crippen molar-refractivity contribution in [1.82, 2.24) is 20.3 Å². The first-order valence-corrected chi connectivity index (χ1v) is 9.85. The number of pyridine rings is 3. The van der Waals surface area contributed by atoms with Crippen LogP contribution in [-0.2, 0) is 0 Å². The molecule has 152 valence electrons. The van der Waals surface area contributed by atoms with E-state index >= 15 is 0 Å². The number of nitrogens with one attached hydrogen (secondary N) is 3. The van der Waals surface area contributed by atoms with Gasteiger partial charge in [-0.1, -0.05) is 0 Å². The standard InChI is InChI=1S/C22H21N7.ClH/c23-9-14-3-4-26-21(5-14)29-22-8-16(15-1-2-15)7-20(28-22)17-6-18(11-24-10-17)27-19-12-25-13-19;/h3-8,10-11,15,19,25,27H,1-2,12-13H2,(H,26,28,29);1H. The van der Waals surface area contributed by atoms with Crippen molar-refractivity contribution in [3.8, 4) is 17.3 Å². The van der Waals surface area contributed by atoms with Gasteiger partial charge < -0.3 is 16.0 Å². The summed E-state index contributed by atoms with van der Waals surface area (Å²) in [5.41, 5.74) is 4.71. The lowest BCUT2D eigenvalue weighted by atomic mass is 10.1. The van der Waals surface area contributed by atoms with Crippen LogP contribution >= 0.6 is 12.4 Å². The number of nitriles is 1. The normalized spacial score (nSPS) is 15.4. The highest BCUT2D eigenvalue weighted by Gasteiger charge is 2.25. The zero-order valence-electron chi connectivity index (χ0n) is 16.3. The molecule has 3 aromatic rings. The minimum absolute atomic E-state index is 0. The largest absolute Gasteiger partial charge is 0.378 e. The zero-order valence-corrected chi connectivity index (χ0v) is 17.1. The third-order valence-corrected chi connectivity index (χ3v) is 5.23. The Morgan fingerprint density at radius 1 is 1.07 bits per heavy atom. The molecule has 30 heavy (non-hydrogen) atoms. The van der Waals surface area contributed by atoms with E-state index in [1.165, 1.54) is 18.4 Å². The molecule has 0 amide bonds. The van der Waals surface area contributed by atoms with Crippen LogP contribution in [-0.4, -0.2) is 34.1 Å². The van der Waals surface area contributed by atoms with Crippen LogP contribution in [0.4, 0.5) is 17.3 Å². The maximum absolute atomic E-state index is 9.12. The van der Waals surface area contributed by atoms with Crippen molar-refractivity contribution < 1.29 is 0 Å². The highest BCUT2D eigenvalue weighted by molar-refractivity contribution is 5.85. The number of anilines is 3. The van der Waals surface area contributed by atoms with E-state index in [1.54, 1.807) is 18.3 Å². The van der Waals surface area contributed by atoms with E-state index in [2.05, 4.69) is 50.2 Å². The third kappa shape index (κ3) is 4.51. The second-order valence-corrected chi connectivity index (χ2v) is 7.57. The van der Waals surface area contributed by atoms with Gasteiger partial charge in [-0.3, -0.25) is 4.98 Å². The summed E-state index contributed by atoms with van der Waals surface area (Å²) in [4.78, 5) is 13.5. The summed E-state index contributed by atoms with van der Waals surface area (Å²) in [7, 11) is 0. The van der Waals surface area contributed by atoms with Gasteiger partial charge in [0, 0.05) is 37.2 Å². The second kappa shape index (κ2) is 8.66. The van der Waals surface area contributed by atoms with Crippen LogP contribution in [0.5, 0.6) is 0 Å². The first-order chi connectivity index (χ1) is 14.3. The van der Waals surface area contributed by atoms with E-state index in [-0.39, 0.29) is 12.4 Å². The van der Waals surface area contributed by atoms with Crippen LogP contribution < -0.4 is 16.0 Å². The fraction of sp³-hybridized carbons (Fsp3) is 0.273. The van der Waals surface area contributed by atoms with Gasteiger partial charge in [-0.25, -0.2) is 9.97 Å². The average Bonchev–Trinajstić information content (AvgIpc) is 3.56. The molecule has 1 aliphatic heterocycles. The Kier molecular flexibility index (Phi) is 5.79. The second-order valence-electron chi connectivity index (χ2n) is 7.57. The number of halogens is 1. The van der Waals surface area contributed by atoms with Crippen LogP contribution in [0.25, 0.3) is 11.3 Å². The molecule has 3 aromatic heterocycles. The number of hydrogen-bond donors (Lipinski definition) is 3. The Morgan fingerprint density at radius 2 is 1.93 bits per heavy atom. The maximum Gasteiger partial charge on any atom is 0.132 e. The van der Waals surface area contributed by atoms with E-state index in [0.717, 1.165) is 35.9 Å². The molecule has 2 fully saturated rings. The molecule has 0 atom stereocenters. The van der Waals surface area contributed by atoms with Gasteiger partial charge in [-0.05, 0) is 54.7 Å². The first kappa shape index (κ1) is 20.1. The Balaban J connectivity index is 0.00000218. The minimum atomic E-state index is 0. The quantitative estimate of drug-likeness (QED) is 0.558. The first-order valence-electron chi connectivity index (χ1n) is 9.85. The maximum atomic E-state index is 9.12. The summed E-state index contributed by atoms with van der Waals surface area (Å²) in [5, 5.41) is 19.1. The van der Waals surface area contributed by atoms with Gasteiger partial charge in [0.2, 0.25) is 0 Å². The smallest absolute Gasteiger partial charge is 0.132 e. The lowest BCUT2D eigenvalue weighted by Gasteiger charge is -2.28. The Morgan fingerprint density at radius 3 is 2.67 bits per heavy atom. The lowest BCUT2D eigenvalue weighted by molar-refractivity contribution is 0.472. The Bertz CT molecular complexity index is 1090. The SMILES string of the molecule is Cl.N#Cc1ccnc(Nc2cc(C3CC3)cc(-c3cncc(NC4CNC4)c3)n2)c1. The molecule has 0 unspecified atom stereocenters. The van der Waals surface area contributed by atoms with Crippen molar-refractivity contribution in [2.45, 2.75) is 24.8 Å². The molecular formula is C22H22ClN7. The molecule has 5 rings (SSSR count). The van der Waals surface area contributed by atoms with Crippen molar-refractivity contribution in [3.05, 3.63) is 60.0 Å². The Labute approximate surface area is 181 Å². The molecular weight excluding hydrogens is 398 g/mol. The van der Waals surface area contributed by atoms with Crippen molar-refractivity contribution >= 4 is 29.7 Å². The molecule has 7 nitrogen and oxygen atoms in total. The summed E-state index contributed by atoms with van der Waals surface area (Å²) in [6.45, 7) is 1.95. The van der Waals surface area contributed by atoms with Gasteiger partial charge in [0.1, 0.15) is 11.6 Å². The number of nitrogens with zero attached hydrogens (tertiary/aromatic N) is 4. The topological polar surface area (TPSA) is 98.5 Å². The summed E-state index contributed by atoms with van der Waals surface area (Å²) >= 11 is 0. The monoisotopic (exact) mass is 419 g/mol. The molecule has 3 N–H and O–H groups in total. The van der Waals surface area contributed by atoms with E-state index in [9.17, 15) is 0 Å². The van der Waals surface area contributed by atoms with Crippen molar-refractivity contribution in [2.24, 2.45) is 0 Å². The molecule has 0 spiro atoms. The van der Waals surface area contributed by atoms with Crippen LogP contribution in [0.3, 0.4) is 0 Å². The fourth-order valence-corrected chi connectivity index (χ4v) is 3.40. The van der Waals surface area contributed by atoms with Gasteiger partial charge in [0.05, 0.1) is 29.1 Å². The molecule has 1 aliphatic carbocycles. The summed E-state index contributed by atoms with van der Waals surface area (Å²) in [6, 6.07) is 12.3. The number of aromatic nitrogens is 3. The molecule has 8 heteroatoms. The molecule has 0 aromatic carbocycles. The van der Waals surface area contributed by atoms with Crippen LogP contribution in [0.1, 0.15) is 29.9 Å². The van der Waals surface area contributed by atoms with E-state index in [1.807, 2.05) is 12.4 Å². The fourth-order valence-electron chi connectivity index (χ4n) is 3.40. The lowest BCUT2D eigenvalue weighted by Crippen LogP contribution is -2.51.